The fourth-order valence-electron chi connectivity index (χ4n) is 3.50. The molecule has 0 bridgehead atoms. The van der Waals surface area contributed by atoms with E-state index in [1.807, 2.05) is 38.4 Å². The highest BCUT2D eigenvalue weighted by molar-refractivity contribution is 7.89. The fraction of sp³-hybridized carbons (Fsp3) is 0.444. The van der Waals surface area contributed by atoms with Crippen molar-refractivity contribution < 1.29 is 17.4 Å². The summed E-state index contributed by atoms with van der Waals surface area (Å²) in [5, 5.41) is 8.30. The smallest absolute Gasteiger partial charge is 0.276 e. The Balaban J connectivity index is 1.58. The maximum absolute atomic E-state index is 13.0. The lowest BCUT2D eigenvalue weighted by molar-refractivity contribution is 0.383. The molecule has 4 rings (SSSR count). The first-order valence-corrected chi connectivity index (χ1v) is 10.3. The maximum Gasteiger partial charge on any atom is 0.276 e. The minimum Gasteiger partial charge on any atom is -0.440 e. The molecule has 0 spiro atoms. The van der Waals surface area contributed by atoms with Crippen molar-refractivity contribution in [3.05, 3.63) is 40.8 Å². The lowest BCUT2D eigenvalue weighted by atomic mass is 10.2. The van der Waals surface area contributed by atoms with E-state index < -0.39 is 10.0 Å². The topological polar surface area (TPSA) is 94.4 Å². The van der Waals surface area contributed by atoms with Crippen molar-refractivity contribution in [3.63, 3.8) is 0 Å². The van der Waals surface area contributed by atoms with E-state index >= 15 is 0 Å². The molecule has 0 N–H and O–H groups in total. The highest BCUT2D eigenvalue weighted by Gasteiger charge is 2.36. The Morgan fingerprint density at radius 2 is 1.96 bits per heavy atom. The summed E-state index contributed by atoms with van der Waals surface area (Å²) in [6.07, 6.45) is 0.717. The Kier molecular flexibility index (Phi) is 4.23. The third kappa shape index (κ3) is 3.00. The van der Waals surface area contributed by atoms with Crippen molar-refractivity contribution in [1.82, 2.24) is 19.2 Å². The summed E-state index contributed by atoms with van der Waals surface area (Å²) in [5.41, 5.74) is 3.55. The molecule has 8 nitrogen and oxygen atoms in total. The average Bonchev–Trinajstić information content (AvgIpc) is 3.36. The average molecular weight is 390 g/mol. The van der Waals surface area contributed by atoms with Crippen LogP contribution in [0.5, 0.6) is 0 Å². The van der Waals surface area contributed by atoms with Crippen molar-refractivity contribution in [3.8, 4) is 11.5 Å². The number of hydrogen-bond donors (Lipinski definition) is 0. The second-order valence-electron chi connectivity index (χ2n) is 7.02. The molecule has 4 heterocycles. The van der Waals surface area contributed by atoms with Crippen LogP contribution >= 0.6 is 0 Å². The van der Waals surface area contributed by atoms with Gasteiger partial charge in [-0.3, -0.25) is 4.68 Å². The van der Waals surface area contributed by atoms with Crippen molar-refractivity contribution in [2.24, 2.45) is 0 Å². The van der Waals surface area contributed by atoms with Crippen LogP contribution < -0.4 is 0 Å². The zero-order chi connectivity index (χ0) is 19.3. The first-order chi connectivity index (χ1) is 12.8. The number of sulfonamides is 1. The highest BCUT2D eigenvalue weighted by atomic mass is 32.2. The van der Waals surface area contributed by atoms with Gasteiger partial charge in [0.2, 0.25) is 10.9 Å². The third-order valence-electron chi connectivity index (χ3n) is 5.07. The van der Waals surface area contributed by atoms with Gasteiger partial charge in [-0.2, -0.15) is 9.40 Å². The molecule has 1 aliphatic heterocycles. The van der Waals surface area contributed by atoms with E-state index in [2.05, 4.69) is 10.3 Å². The van der Waals surface area contributed by atoms with Gasteiger partial charge < -0.3 is 8.94 Å². The van der Waals surface area contributed by atoms with Gasteiger partial charge in [0.05, 0.1) is 17.4 Å². The Morgan fingerprint density at radius 3 is 2.59 bits per heavy atom. The number of aryl methyl sites for hydroxylation is 3. The molecule has 144 valence electrons. The molecule has 9 heteroatoms. The maximum atomic E-state index is 13.0. The van der Waals surface area contributed by atoms with Gasteiger partial charge in [0, 0.05) is 24.3 Å². The second kappa shape index (κ2) is 6.35. The van der Waals surface area contributed by atoms with Gasteiger partial charge in [-0.25, -0.2) is 8.42 Å². The van der Waals surface area contributed by atoms with Crippen LogP contribution in [0.3, 0.4) is 0 Å². The van der Waals surface area contributed by atoms with E-state index in [9.17, 15) is 8.42 Å². The monoisotopic (exact) mass is 390 g/mol. The van der Waals surface area contributed by atoms with Crippen LogP contribution in [0.25, 0.3) is 11.5 Å². The van der Waals surface area contributed by atoms with Crippen LogP contribution in [0.1, 0.15) is 35.1 Å². The van der Waals surface area contributed by atoms with Gasteiger partial charge in [-0.05, 0) is 52.3 Å². The summed E-state index contributed by atoms with van der Waals surface area (Å²) < 4.78 is 40.2. The Hall–Kier alpha value is -2.39. The Bertz CT molecular complexity index is 1090. The van der Waals surface area contributed by atoms with Crippen molar-refractivity contribution >= 4 is 10.0 Å². The lowest BCUT2D eigenvalue weighted by Gasteiger charge is -2.16. The molecule has 1 fully saturated rings. The molecule has 0 saturated carbocycles. The predicted octanol–water partition coefficient (Wildman–Crippen LogP) is 3.00. The van der Waals surface area contributed by atoms with E-state index in [1.54, 1.807) is 6.07 Å². The summed E-state index contributed by atoms with van der Waals surface area (Å²) >= 11 is 0. The fourth-order valence-corrected chi connectivity index (χ4v) is 4.90. The van der Waals surface area contributed by atoms with Gasteiger partial charge in [0.25, 0.3) is 10.0 Å². The predicted molar refractivity (Wildman–Crippen MR) is 97.8 cm³/mol. The molecule has 27 heavy (non-hydrogen) atoms. The second-order valence-corrected chi connectivity index (χ2v) is 8.89. The molecule has 3 aromatic heterocycles. The SMILES string of the molecule is Cc1cc(C)n(C2CCN(S(=O)(=O)c3ccc(-c4onc(C)c4C)o3)C2)n1. The molecule has 3 aromatic rings. The summed E-state index contributed by atoms with van der Waals surface area (Å²) in [6, 6.07) is 5.10. The molecule has 1 aliphatic rings. The molecular weight excluding hydrogens is 368 g/mol. The van der Waals surface area contributed by atoms with Crippen molar-refractivity contribution in [1.29, 1.82) is 0 Å². The molecule has 1 atom stereocenters. The summed E-state index contributed by atoms with van der Waals surface area (Å²) in [7, 11) is -3.72. The van der Waals surface area contributed by atoms with E-state index in [4.69, 9.17) is 8.94 Å². The number of aromatic nitrogens is 3. The molecule has 0 aromatic carbocycles. The van der Waals surface area contributed by atoms with Gasteiger partial charge in [0.15, 0.2) is 5.76 Å². The lowest BCUT2D eigenvalue weighted by Crippen LogP contribution is -2.29. The molecule has 0 aliphatic carbocycles. The van der Waals surface area contributed by atoms with Gasteiger partial charge >= 0.3 is 0 Å². The van der Waals surface area contributed by atoms with Crippen molar-refractivity contribution in [2.75, 3.05) is 13.1 Å². The van der Waals surface area contributed by atoms with Crippen molar-refractivity contribution in [2.45, 2.75) is 45.2 Å². The summed E-state index contributed by atoms with van der Waals surface area (Å²) in [6.45, 7) is 8.41. The molecule has 0 radical (unpaired) electrons. The minimum atomic E-state index is -3.72. The van der Waals surface area contributed by atoms with Crippen LogP contribution in [0.15, 0.2) is 32.2 Å². The number of nitrogens with zero attached hydrogens (tertiary/aromatic N) is 4. The summed E-state index contributed by atoms with van der Waals surface area (Å²) in [5.74, 6) is 0.817. The first kappa shape index (κ1) is 18.0. The van der Waals surface area contributed by atoms with Gasteiger partial charge in [0.1, 0.15) is 0 Å². The summed E-state index contributed by atoms with van der Waals surface area (Å²) in [4.78, 5) is 0. The van der Waals surface area contributed by atoms with Gasteiger partial charge in [-0.15, -0.1) is 0 Å². The zero-order valence-electron chi connectivity index (χ0n) is 15.8. The van der Waals surface area contributed by atoms with Gasteiger partial charge in [-0.1, -0.05) is 5.16 Å². The largest absolute Gasteiger partial charge is 0.440 e. The van der Waals surface area contributed by atoms with Crippen LogP contribution in [-0.2, 0) is 10.0 Å². The van der Waals surface area contributed by atoms with E-state index in [-0.39, 0.29) is 11.1 Å². The highest BCUT2D eigenvalue weighted by Crippen LogP contribution is 2.32. The van der Waals surface area contributed by atoms with E-state index in [0.29, 0.717) is 24.6 Å². The van der Waals surface area contributed by atoms with E-state index in [0.717, 1.165) is 29.1 Å². The molecular formula is C18H22N4O4S. The van der Waals surface area contributed by atoms with Crippen LogP contribution in [0.4, 0.5) is 0 Å². The minimum absolute atomic E-state index is 0.0297. The quantitative estimate of drug-likeness (QED) is 0.680. The molecule has 1 unspecified atom stereocenters. The first-order valence-electron chi connectivity index (χ1n) is 8.83. The third-order valence-corrected chi connectivity index (χ3v) is 6.81. The number of furan rings is 1. The molecule has 0 amide bonds. The van der Waals surface area contributed by atoms with Crippen LogP contribution in [0, 0.1) is 27.7 Å². The van der Waals surface area contributed by atoms with Crippen LogP contribution in [0.2, 0.25) is 0 Å². The Labute approximate surface area is 157 Å². The van der Waals surface area contributed by atoms with E-state index in [1.165, 1.54) is 10.4 Å². The number of rotatable bonds is 4. The Morgan fingerprint density at radius 1 is 1.19 bits per heavy atom. The molecule has 1 saturated heterocycles. The number of hydrogen-bond acceptors (Lipinski definition) is 6. The zero-order valence-corrected chi connectivity index (χ0v) is 16.6. The standard InChI is InChI=1S/C18H22N4O4S/c1-11-9-12(2)22(19-11)15-7-8-21(10-15)27(23,24)17-6-5-16(25-17)18-13(3)14(4)20-26-18/h5-6,9,15H,7-8,10H2,1-4H3. The van der Waals surface area contributed by atoms with Crippen LogP contribution in [-0.4, -0.2) is 40.7 Å². The normalized spacial score (nSPS) is 18.4.